The minimum absolute atomic E-state index is 0.00209. The number of ether oxygens (including phenoxy) is 5. The Labute approximate surface area is 388 Å². The van der Waals surface area contributed by atoms with Crippen LogP contribution in [0.5, 0.6) is 23.0 Å². The number of nitrogens with two attached hydrogens (primary N) is 2. The lowest BCUT2D eigenvalue weighted by atomic mass is 9.71. The highest BCUT2D eigenvalue weighted by molar-refractivity contribution is 6.31. The SMILES string of the molecule is C[C@@H]1OC(O[C@@H]2C[C@](O)(C(=O)CO)Cc3c(O)c4c(c(O)c32)C(=O)c2c(CO)cccc2C4=O)CC(CC(=O)CCCC(=O)CCCOCCOCC(=O)Oc2ccc(N)c(O)c2C(N)=O)[C@@H]1O. The number of rotatable bonds is 22. The Morgan fingerprint density at radius 3 is 2.25 bits per heavy atom. The zero-order chi connectivity index (χ0) is 49.6. The van der Waals surface area contributed by atoms with E-state index in [1.165, 1.54) is 37.3 Å². The predicted octanol–water partition coefficient (Wildman–Crippen LogP) is 1.28. The van der Waals surface area contributed by atoms with Gasteiger partial charge in [0.1, 0.15) is 53.2 Å². The minimum Gasteiger partial charge on any atom is -0.507 e. The number of ketones is 5. The zero-order valence-electron chi connectivity index (χ0n) is 37.1. The summed E-state index contributed by atoms with van der Waals surface area (Å²) < 4.78 is 27.9. The molecule has 0 spiro atoms. The Morgan fingerprint density at radius 2 is 1.54 bits per heavy atom. The minimum atomic E-state index is -2.38. The van der Waals surface area contributed by atoms with E-state index in [-0.39, 0.29) is 109 Å². The highest BCUT2D eigenvalue weighted by Crippen LogP contribution is 2.52. The normalized spacial score (nSPS) is 21.9. The molecule has 3 aliphatic rings. The van der Waals surface area contributed by atoms with Crippen LogP contribution in [0.4, 0.5) is 5.69 Å². The predicted molar refractivity (Wildman–Crippen MR) is 233 cm³/mol. The van der Waals surface area contributed by atoms with E-state index in [0.717, 1.165) is 0 Å². The highest BCUT2D eigenvalue weighted by Gasteiger charge is 2.50. The van der Waals surface area contributed by atoms with Crippen molar-refractivity contribution in [2.75, 3.05) is 38.8 Å². The van der Waals surface area contributed by atoms with Crippen LogP contribution in [-0.4, -0.2) is 134 Å². The average Bonchev–Trinajstić information content (AvgIpc) is 3.29. The molecule has 1 fully saturated rings. The molecule has 2 unspecified atom stereocenters. The maximum absolute atomic E-state index is 13.9. The zero-order valence-corrected chi connectivity index (χ0v) is 37.1. The van der Waals surface area contributed by atoms with Gasteiger partial charge in [0.15, 0.2) is 29.4 Å². The maximum Gasteiger partial charge on any atom is 0.337 e. The number of Topliss-reactive ketones (excluding diaryl/α,β-unsaturated/α-hetero) is 3. The molecule has 2 aliphatic carbocycles. The summed E-state index contributed by atoms with van der Waals surface area (Å²) in [5.41, 5.74) is 5.97. The van der Waals surface area contributed by atoms with E-state index in [4.69, 9.17) is 35.2 Å². The van der Waals surface area contributed by atoms with Crippen LogP contribution in [0.3, 0.4) is 0 Å². The molecule has 21 heteroatoms. The molecule has 1 heterocycles. The number of hydrogen-bond donors (Lipinski definition) is 9. The number of esters is 1. The van der Waals surface area contributed by atoms with Crippen LogP contribution in [0, 0.1) is 5.92 Å². The molecule has 0 aromatic heterocycles. The van der Waals surface area contributed by atoms with Crippen LogP contribution in [-0.2, 0) is 51.2 Å². The molecule has 0 radical (unpaired) electrons. The van der Waals surface area contributed by atoms with Crippen molar-refractivity contribution in [3.63, 3.8) is 0 Å². The summed E-state index contributed by atoms with van der Waals surface area (Å²) >= 11 is 0. The molecule has 1 amide bonds. The van der Waals surface area contributed by atoms with Gasteiger partial charge in [0.2, 0.25) is 0 Å². The number of benzene rings is 3. The second-order valence-corrected chi connectivity index (χ2v) is 17.0. The number of carbonyl (C=O) groups excluding carboxylic acids is 7. The lowest BCUT2D eigenvalue weighted by Crippen LogP contribution is -2.49. The van der Waals surface area contributed by atoms with Crippen LogP contribution >= 0.6 is 0 Å². The second-order valence-electron chi connectivity index (χ2n) is 17.0. The number of nitrogen functional groups attached to an aromatic ring is 1. The van der Waals surface area contributed by atoms with Crippen molar-refractivity contribution in [3.8, 4) is 23.0 Å². The molecule has 1 aliphatic heterocycles. The Morgan fingerprint density at radius 1 is 0.853 bits per heavy atom. The van der Waals surface area contributed by atoms with Crippen molar-refractivity contribution in [3.05, 3.63) is 74.8 Å². The summed E-state index contributed by atoms with van der Waals surface area (Å²) in [6, 6.07) is 6.62. The van der Waals surface area contributed by atoms with Gasteiger partial charge in [-0.1, -0.05) is 18.2 Å². The van der Waals surface area contributed by atoms with Crippen molar-refractivity contribution in [2.45, 2.75) is 102 Å². The third kappa shape index (κ3) is 10.9. The van der Waals surface area contributed by atoms with Crippen LogP contribution in [0.2, 0.25) is 0 Å². The van der Waals surface area contributed by atoms with Crippen molar-refractivity contribution in [1.29, 1.82) is 0 Å². The second kappa shape index (κ2) is 21.8. The van der Waals surface area contributed by atoms with Crippen LogP contribution in [0.15, 0.2) is 30.3 Å². The number of primary amides is 1. The largest absolute Gasteiger partial charge is 0.507 e. The topological polar surface area (TPSA) is 359 Å². The summed E-state index contributed by atoms with van der Waals surface area (Å²) in [6.45, 7) is -0.392. The molecule has 0 saturated carbocycles. The van der Waals surface area contributed by atoms with E-state index >= 15 is 0 Å². The Balaban J connectivity index is 0.986. The van der Waals surface area contributed by atoms with Gasteiger partial charge >= 0.3 is 5.97 Å². The third-order valence-electron chi connectivity index (χ3n) is 12.3. The van der Waals surface area contributed by atoms with E-state index in [0.29, 0.717) is 6.42 Å². The summed E-state index contributed by atoms with van der Waals surface area (Å²) in [5.74, 6) is -8.25. The highest BCUT2D eigenvalue weighted by atomic mass is 16.7. The van der Waals surface area contributed by atoms with Gasteiger partial charge in [-0.15, -0.1) is 0 Å². The number of anilines is 1. The summed E-state index contributed by atoms with van der Waals surface area (Å²) in [6.07, 6.45) is -5.37. The average molecular weight is 951 g/mol. The van der Waals surface area contributed by atoms with E-state index in [1.54, 1.807) is 0 Å². The van der Waals surface area contributed by atoms with Gasteiger partial charge in [-0.2, -0.15) is 0 Å². The molecule has 366 valence electrons. The molecule has 0 bridgehead atoms. The first kappa shape index (κ1) is 51.2. The number of phenols is 3. The quantitative estimate of drug-likeness (QED) is 0.0134. The smallest absolute Gasteiger partial charge is 0.337 e. The van der Waals surface area contributed by atoms with E-state index < -0.39 is 132 Å². The molecule has 68 heavy (non-hydrogen) atoms. The lowest BCUT2D eigenvalue weighted by molar-refractivity contribution is -0.257. The summed E-state index contributed by atoms with van der Waals surface area (Å²) in [4.78, 5) is 90.1. The summed E-state index contributed by atoms with van der Waals surface area (Å²) in [5, 5.41) is 75.7. The maximum atomic E-state index is 13.9. The standard InChI is InChI=1S/C47H54N2O19/c1-22-40(56)24(15-26(53)7-3-6-25(52)8-4-12-64-13-14-65-21-33(55)67-30-11-10-29(48)43(59)37(30)46(49)62)16-34(66-22)68-31-18-47(63,32(54)20-51)17-28-36(31)45(61)39-38(42(28)58)41(57)27-9-2-5-23(19-50)35(27)44(39)60/h2,5,9-11,22,24,31,34,40,50-51,56,58-59,61,63H,3-4,6-8,12-21,48H2,1H3,(H2,49,62)/t22-,24?,31+,34?,40+,47-/m0/s1. The number of fused-ring (bicyclic) bond motifs is 3. The first-order valence-electron chi connectivity index (χ1n) is 21.9. The number of aromatic hydroxyl groups is 3. The molecule has 3 aromatic carbocycles. The van der Waals surface area contributed by atoms with Gasteiger partial charge in [-0.25, -0.2) is 4.79 Å². The van der Waals surface area contributed by atoms with Crippen molar-refractivity contribution >= 4 is 46.5 Å². The number of amides is 1. The molecule has 3 aromatic rings. The number of phenolic OH excluding ortho intramolecular Hbond substituents is 2. The van der Waals surface area contributed by atoms with E-state index in [2.05, 4.69) is 0 Å². The molecule has 21 nitrogen and oxygen atoms in total. The number of carbonyl (C=O) groups is 7. The molecular formula is C47H54N2O19. The van der Waals surface area contributed by atoms with Crippen LogP contribution in [0.1, 0.15) is 123 Å². The first-order chi connectivity index (χ1) is 32.3. The van der Waals surface area contributed by atoms with E-state index in [9.17, 15) is 69.3 Å². The van der Waals surface area contributed by atoms with Gasteiger partial charge in [0.25, 0.3) is 5.91 Å². The number of aliphatic hydroxyl groups excluding tert-OH is 3. The lowest BCUT2D eigenvalue weighted by Gasteiger charge is -2.42. The molecule has 1 saturated heterocycles. The van der Waals surface area contributed by atoms with Crippen molar-refractivity contribution < 1.29 is 93.0 Å². The Kier molecular flexibility index (Phi) is 16.5. The molecule has 6 atom stereocenters. The molecular weight excluding hydrogens is 897 g/mol. The summed E-state index contributed by atoms with van der Waals surface area (Å²) in [7, 11) is 0. The Bertz CT molecular complexity index is 2490. The van der Waals surface area contributed by atoms with E-state index in [1.807, 2.05) is 0 Å². The Hall–Kier alpha value is -6.17. The van der Waals surface area contributed by atoms with Gasteiger partial charge in [-0.3, -0.25) is 28.8 Å². The molecule has 6 rings (SSSR count). The van der Waals surface area contributed by atoms with Gasteiger partial charge in [0, 0.05) is 73.8 Å². The fraction of sp³-hybridized carbons (Fsp3) is 0.468. The van der Waals surface area contributed by atoms with Gasteiger partial charge in [-0.05, 0) is 43.4 Å². The van der Waals surface area contributed by atoms with Crippen molar-refractivity contribution in [1.82, 2.24) is 0 Å². The number of aliphatic hydroxyl groups is 4. The monoisotopic (exact) mass is 950 g/mol. The van der Waals surface area contributed by atoms with Crippen molar-refractivity contribution in [2.24, 2.45) is 11.7 Å². The number of hydrogen-bond acceptors (Lipinski definition) is 20. The fourth-order valence-corrected chi connectivity index (χ4v) is 8.89. The first-order valence-corrected chi connectivity index (χ1v) is 21.9. The third-order valence-corrected chi connectivity index (χ3v) is 12.3. The van der Waals surface area contributed by atoms with Gasteiger partial charge in [0.05, 0.1) is 54.9 Å². The molecule has 11 N–H and O–H groups in total. The fourth-order valence-electron chi connectivity index (χ4n) is 8.89. The van der Waals surface area contributed by atoms with Crippen LogP contribution in [0.25, 0.3) is 0 Å². The van der Waals surface area contributed by atoms with Crippen LogP contribution < -0.4 is 16.2 Å². The van der Waals surface area contributed by atoms with Gasteiger partial charge < -0.3 is 70.9 Å².